The van der Waals surface area contributed by atoms with Gasteiger partial charge in [0.25, 0.3) is 0 Å². The maximum absolute atomic E-state index is 11.8. The molecule has 0 spiro atoms. The van der Waals surface area contributed by atoms with Gasteiger partial charge in [0, 0.05) is 5.69 Å². The van der Waals surface area contributed by atoms with Crippen LogP contribution in [0.25, 0.3) is 0 Å². The maximum atomic E-state index is 11.8. The second-order valence-electron chi connectivity index (χ2n) is 4.01. The minimum Gasteiger partial charge on any atom is -0.468 e. The summed E-state index contributed by atoms with van der Waals surface area (Å²) in [6, 6.07) is 7.04. The van der Waals surface area contributed by atoms with Gasteiger partial charge in [0.05, 0.1) is 6.61 Å². The number of benzene rings is 1. The third-order valence-corrected chi connectivity index (χ3v) is 2.34. The summed E-state index contributed by atoms with van der Waals surface area (Å²) in [6.45, 7) is 1.81. The quantitative estimate of drug-likeness (QED) is 0.678. The molecule has 3 rings (SSSR count). The number of nitrogens with two attached hydrogens (primary N) is 1. The molecule has 16 heavy (non-hydrogen) atoms. The zero-order chi connectivity index (χ0) is 11.6. The number of carbonyl (C=O) groups excluding carboxylic acids is 1. The van der Waals surface area contributed by atoms with Crippen LogP contribution in [0.1, 0.15) is 6.92 Å². The van der Waals surface area contributed by atoms with Crippen molar-refractivity contribution in [2.75, 3.05) is 18.7 Å². The van der Waals surface area contributed by atoms with E-state index in [9.17, 15) is 4.79 Å². The number of rotatable bonds is 0. The molecule has 0 radical (unpaired) electrons. The average Bonchev–Trinajstić information content (AvgIpc) is 2.29. The number of carbonyl (C=O) groups is 1. The van der Waals surface area contributed by atoms with E-state index < -0.39 is 5.54 Å². The summed E-state index contributed by atoms with van der Waals surface area (Å²) in [7, 11) is 0. The molecule has 2 bridgehead atoms. The summed E-state index contributed by atoms with van der Waals surface area (Å²) < 4.78 is 10.5. The molecule has 0 saturated carbocycles. The predicted octanol–water partition coefficient (Wildman–Crippen LogP) is 0.709. The largest absolute Gasteiger partial charge is 0.468 e. The van der Waals surface area contributed by atoms with Gasteiger partial charge in [0.1, 0.15) is 11.3 Å². The Balaban J connectivity index is 2.25. The number of hydrogen-bond acceptors (Lipinski definition) is 4. The average molecular weight is 222 g/mol. The van der Waals surface area contributed by atoms with Crippen LogP contribution in [0.2, 0.25) is 0 Å². The van der Waals surface area contributed by atoms with Crippen LogP contribution in [0, 0.1) is 0 Å². The van der Waals surface area contributed by atoms with Crippen molar-refractivity contribution < 1.29 is 14.3 Å². The molecular formula is C11H14N2O3. The first-order chi connectivity index (χ1) is 7.58. The molecule has 0 saturated heterocycles. The van der Waals surface area contributed by atoms with E-state index in [0.717, 1.165) is 0 Å². The molecule has 1 amide bonds. The standard InChI is InChI=1S/C11H14N2O3/c1-11(12)6-15-7-16-9-4-2-8(3-5-9)13-10(11)14/h2-5H,6-7,12H2,1H3,(H,13,14)/t11-/m0/s1. The van der Waals surface area contributed by atoms with Crippen molar-refractivity contribution >= 4 is 11.6 Å². The molecule has 86 valence electrons. The third-order valence-electron chi connectivity index (χ3n) is 2.34. The molecule has 5 nitrogen and oxygen atoms in total. The molecule has 1 aromatic carbocycles. The van der Waals surface area contributed by atoms with Crippen LogP contribution in [-0.4, -0.2) is 24.8 Å². The molecule has 3 N–H and O–H groups in total. The van der Waals surface area contributed by atoms with Gasteiger partial charge in [-0.25, -0.2) is 0 Å². The summed E-state index contributed by atoms with van der Waals surface area (Å²) in [5, 5.41) is 2.72. The van der Waals surface area contributed by atoms with Crippen molar-refractivity contribution in [3.05, 3.63) is 24.3 Å². The highest BCUT2D eigenvalue weighted by Crippen LogP contribution is 2.18. The Bertz CT molecular complexity index is 387. The smallest absolute Gasteiger partial charge is 0.246 e. The molecule has 5 heteroatoms. The SMILES string of the molecule is C[C@]1(N)COCOc2ccc(cc2)NC1=O. The first kappa shape index (κ1) is 10.9. The van der Waals surface area contributed by atoms with Gasteiger partial charge < -0.3 is 20.5 Å². The van der Waals surface area contributed by atoms with Gasteiger partial charge in [-0.15, -0.1) is 0 Å². The van der Waals surface area contributed by atoms with Gasteiger partial charge in [-0.1, -0.05) is 0 Å². The Morgan fingerprint density at radius 2 is 2.06 bits per heavy atom. The van der Waals surface area contributed by atoms with E-state index in [2.05, 4.69) is 5.32 Å². The van der Waals surface area contributed by atoms with Crippen molar-refractivity contribution in [3.8, 4) is 5.75 Å². The highest BCUT2D eigenvalue weighted by Gasteiger charge is 2.29. The van der Waals surface area contributed by atoms with Crippen LogP contribution in [-0.2, 0) is 9.53 Å². The number of fused-ring (bicyclic) bond motifs is 8. The van der Waals surface area contributed by atoms with Gasteiger partial charge in [0.15, 0.2) is 6.79 Å². The van der Waals surface area contributed by atoms with Crippen LogP contribution >= 0.6 is 0 Å². The topological polar surface area (TPSA) is 73.6 Å². The Kier molecular flexibility index (Phi) is 2.80. The fraction of sp³-hybridized carbons (Fsp3) is 0.364. The summed E-state index contributed by atoms with van der Waals surface area (Å²) in [4.78, 5) is 11.8. The Morgan fingerprint density at radius 3 is 2.75 bits per heavy atom. The van der Waals surface area contributed by atoms with E-state index in [1.54, 1.807) is 31.2 Å². The second-order valence-corrected chi connectivity index (χ2v) is 4.01. The highest BCUT2D eigenvalue weighted by molar-refractivity contribution is 5.97. The van der Waals surface area contributed by atoms with Crippen molar-refractivity contribution in [2.45, 2.75) is 12.5 Å². The van der Waals surface area contributed by atoms with Crippen LogP contribution in [0.3, 0.4) is 0 Å². The molecule has 0 fully saturated rings. The zero-order valence-corrected chi connectivity index (χ0v) is 9.03. The molecular weight excluding hydrogens is 208 g/mol. The normalized spacial score (nSPS) is 25.5. The van der Waals surface area contributed by atoms with Crippen molar-refractivity contribution in [1.82, 2.24) is 0 Å². The lowest BCUT2D eigenvalue weighted by atomic mass is 10.0. The fourth-order valence-electron chi connectivity index (χ4n) is 1.34. The van der Waals surface area contributed by atoms with E-state index in [1.165, 1.54) is 0 Å². The lowest BCUT2D eigenvalue weighted by Gasteiger charge is -2.22. The molecule has 1 atom stereocenters. The van der Waals surface area contributed by atoms with Gasteiger partial charge in [-0.2, -0.15) is 0 Å². The molecule has 0 aliphatic carbocycles. The summed E-state index contributed by atoms with van der Waals surface area (Å²) in [5.74, 6) is 0.417. The number of anilines is 1. The minimum absolute atomic E-state index is 0.0828. The second kappa shape index (κ2) is 4.11. The van der Waals surface area contributed by atoms with Gasteiger partial charge in [-0.3, -0.25) is 4.79 Å². The fourth-order valence-corrected chi connectivity index (χ4v) is 1.34. The lowest BCUT2D eigenvalue weighted by molar-refractivity contribution is -0.123. The first-order valence-electron chi connectivity index (χ1n) is 4.99. The van der Waals surface area contributed by atoms with Gasteiger partial charge >= 0.3 is 0 Å². The van der Waals surface area contributed by atoms with Crippen molar-refractivity contribution in [2.24, 2.45) is 5.73 Å². The summed E-state index contributed by atoms with van der Waals surface area (Å²) in [6.07, 6.45) is 0. The molecule has 2 aliphatic rings. The summed E-state index contributed by atoms with van der Waals surface area (Å²) >= 11 is 0. The van der Waals surface area contributed by atoms with E-state index >= 15 is 0 Å². The summed E-state index contributed by atoms with van der Waals surface area (Å²) in [5.41, 5.74) is 5.46. The number of hydrogen-bond donors (Lipinski definition) is 2. The Hall–Kier alpha value is -1.59. The van der Waals surface area contributed by atoms with Crippen molar-refractivity contribution in [3.63, 3.8) is 0 Å². The molecule has 0 aromatic heterocycles. The van der Waals surface area contributed by atoms with E-state index in [-0.39, 0.29) is 19.3 Å². The van der Waals surface area contributed by atoms with Gasteiger partial charge in [0.2, 0.25) is 5.91 Å². The lowest BCUT2D eigenvalue weighted by Crippen LogP contribution is -2.52. The third kappa shape index (κ3) is 2.32. The monoisotopic (exact) mass is 222 g/mol. The molecule has 2 aliphatic heterocycles. The van der Waals surface area contributed by atoms with Crippen LogP contribution in [0.15, 0.2) is 24.3 Å². The molecule has 1 aromatic rings. The molecule has 0 unspecified atom stereocenters. The Morgan fingerprint density at radius 1 is 1.38 bits per heavy atom. The zero-order valence-electron chi connectivity index (χ0n) is 9.03. The predicted molar refractivity (Wildman–Crippen MR) is 59.1 cm³/mol. The maximum Gasteiger partial charge on any atom is 0.246 e. The number of amides is 1. The molecule has 2 heterocycles. The first-order valence-corrected chi connectivity index (χ1v) is 4.99. The van der Waals surface area contributed by atoms with E-state index in [4.69, 9.17) is 15.2 Å². The van der Waals surface area contributed by atoms with E-state index in [1.807, 2.05) is 0 Å². The van der Waals surface area contributed by atoms with Gasteiger partial charge in [-0.05, 0) is 31.2 Å². The highest BCUT2D eigenvalue weighted by atomic mass is 16.7. The van der Waals surface area contributed by atoms with Crippen molar-refractivity contribution in [1.29, 1.82) is 0 Å². The van der Waals surface area contributed by atoms with Crippen LogP contribution in [0.4, 0.5) is 5.69 Å². The van der Waals surface area contributed by atoms with Crippen LogP contribution in [0.5, 0.6) is 5.75 Å². The van der Waals surface area contributed by atoms with E-state index in [0.29, 0.717) is 11.4 Å². The Labute approximate surface area is 93.5 Å². The number of nitrogens with one attached hydrogen (secondary N) is 1. The minimum atomic E-state index is -1.06. The van der Waals surface area contributed by atoms with Crippen LogP contribution < -0.4 is 15.8 Å². The number of ether oxygens (including phenoxy) is 2.